The molecule has 3 aromatic heterocycles. The molecule has 0 spiro atoms. The van der Waals surface area contributed by atoms with E-state index >= 15 is 0 Å². The number of nitrogens with zero attached hydrogens (tertiary/aromatic N) is 7. The Labute approximate surface area is 358 Å². The van der Waals surface area contributed by atoms with Crippen LogP contribution in [0.4, 0.5) is 0 Å². The third kappa shape index (κ3) is 4.74. The van der Waals surface area contributed by atoms with Crippen LogP contribution in [0, 0.1) is 45.3 Å². The Morgan fingerprint density at radius 2 is 0.619 bits per heavy atom. The quantitative estimate of drug-likeness (QED) is 0.166. The van der Waals surface area contributed by atoms with E-state index in [9.17, 15) is 21.0 Å². The summed E-state index contributed by atoms with van der Waals surface area (Å²) in [4.78, 5) is 0. The second-order valence-corrected chi connectivity index (χ2v) is 16.3. The molecule has 0 amide bonds. The molecule has 0 bridgehead atoms. The molecule has 7 nitrogen and oxygen atoms in total. The van der Waals surface area contributed by atoms with E-state index in [0.29, 0.717) is 22.3 Å². The lowest BCUT2D eigenvalue weighted by Crippen LogP contribution is -1.99. The van der Waals surface area contributed by atoms with Crippen LogP contribution in [0.1, 0.15) is 22.3 Å². The van der Waals surface area contributed by atoms with Gasteiger partial charge in [0.25, 0.3) is 0 Å². The van der Waals surface area contributed by atoms with Crippen LogP contribution in [0.25, 0.3) is 115 Å². The van der Waals surface area contributed by atoms with Crippen molar-refractivity contribution in [1.29, 1.82) is 21.0 Å². The molecule has 0 saturated carbocycles. The molecule has 13 aromatic rings. The number of hydrogen-bond acceptors (Lipinski definition) is 4. The van der Waals surface area contributed by atoms with E-state index in [0.717, 1.165) is 93.3 Å². The van der Waals surface area contributed by atoms with Crippen LogP contribution in [0.3, 0.4) is 0 Å². The van der Waals surface area contributed by atoms with E-state index in [1.54, 1.807) is 0 Å². The molecule has 0 N–H and O–H groups in total. The topological polar surface area (TPSA) is 110 Å². The van der Waals surface area contributed by atoms with E-state index in [2.05, 4.69) is 129 Å². The molecule has 13 rings (SSSR count). The maximum Gasteiger partial charge on any atom is 0.0991 e. The monoisotopic (exact) mass is 797 g/mol. The summed E-state index contributed by atoms with van der Waals surface area (Å²) in [5.74, 6) is 0. The summed E-state index contributed by atoms with van der Waals surface area (Å²) in [5, 5.41) is 52.5. The number of rotatable bonds is 3. The zero-order chi connectivity index (χ0) is 42.1. The highest BCUT2D eigenvalue weighted by Gasteiger charge is 2.21. The van der Waals surface area contributed by atoms with Crippen LogP contribution in [-0.4, -0.2) is 13.7 Å². The fourth-order valence-corrected chi connectivity index (χ4v) is 10.3. The van der Waals surface area contributed by atoms with E-state index in [1.165, 1.54) is 21.5 Å². The largest absolute Gasteiger partial charge is 0.309 e. The van der Waals surface area contributed by atoms with Crippen LogP contribution >= 0.6 is 0 Å². The smallest absolute Gasteiger partial charge is 0.0991 e. The van der Waals surface area contributed by atoms with Crippen molar-refractivity contribution in [3.63, 3.8) is 0 Å². The first-order valence-corrected chi connectivity index (χ1v) is 20.6. The van der Waals surface area contributed by atoms with Gasteiger partial charge in [-0.2, -0.15) is 21.0 Å². The second-order valence-electron chi connectivity index (χ2n) is 16.3. The van der Waals surface area contributed by atoms with Crippen LogP contribution in [0.2, 0.25) is 0 Å². The average molecular weight is 798 g/mol. The third-order valence-electron chi connectivity index (χ3n) is 13.0. The number of nitriles is 4. The van der Waals surface area contributed by atoms with Gasteiger partial charge in [-0.1, -0.05) is 54.6 Å². The number of hydrogen-bond donors (Lipinski definition) is 0. The van der Waals surface area contributed by atoms with Gasteiger partial charge in [-0.3, -0.25) is 0 Å². The predicted molar refractivity (Wildman–Crippen MR) is 252 cm³/mol. The minimum Gasteiger partial charge on any atom is -0.309 e. The van der Waals surface area contributed by atoms with E-state index < -0.39 is 0 Å². The first-order valence-electron chi connectivity index (χ1n) is 20.6. The molecule has 10 aromatic carbocycles. The summed E-state index contributed by atoms with van der Waals surface area (Å²) in [6, 6.07) is 65.4. The van der Waals surface area contributed by atoms with E-state index in [-0.39, 0.29) is 0 Å². The van der Waals surface area contributed by atoms with Gasteiger partial charge in [-0.15, -0.1) is 0 Å². The van der Waals surface area contributed by atoms with Crippen LogP contribution < -0.4 is 0 Å². The molecule has 0 saturated heterocycles. The summed E-state index contributed by atoms with van der Waals surface area (Å²) in [5.41, 5.74) is 11.0. The minimum absolute atomic E-state index is 0.559. The van der Waals surface area contributed by atoms with Crippen LogP contribution in [-0.2, 0) is 0 Å². The van der Waals surface area contributed by atoms with Gasteiger partial charge in [0, 0.05) is 49.4 Å². The Balaban J connectivity index is 1.13. The van der Waals surface area contributed by atoms with Gasteiger partial charge >= 0.3 is 0 Å². The van der Waals surface area contributed by atoms with Crippen molar-refractivity contribution < 1.29 is 0 Å². The normalized spacial score (nSPS) is 11.7. The molecule has 63 heavy (non-hydrogen) atoms. The molecule has 0 aliphatic heterocycles. The summed E-state index contributed by atoms with van der Waals surface area (Å²) in [6.07, 6.45) is 0. The lowest BCUT2D eigenvalue weighted by atomic mass is 9.94. The SMILES string of the molecule is N#Cc1ccc2c(c1)c1cc(C#N)ccc1n2-c1ccc2c3ccc(-n4c5ccc(C#N)cc5c5cc(C#N)ccc54)cc3n(-c3cc4ccc5cccc6ccc(c3)c4c56)c2c1. The molecule has 0 fully saturated rings. The highest BCUT2D eigenvalue weighted by molar-refractivity contribution is 6.24. The second kappa shape index (κ2) is 12.6. The molecule has 7 heteroatoms. The van der Waals surface area contributed by atoms with Gasteiger partial charge in [0.15, 0.2) is 0 Å². The number of aromatic nitrogens is 3. The lowest BCUT2D eigenvalue weighted by Gasteiger charge is -2.16. The molecule has 0 aliphatic carbocycles. The van der Waals surface area contributed by atoms with Crippen molar-refractivity contribution in [3.05, 3.63) is 186 Å². The van der Waals surface area contributed by atoms with Crippen molar-refractivity contribution in [2.75, 3.05) is 0 Å². The molecule has 0 aliphatic rings. The zero-order valence-electron chi connectivity index (χ0n) is 33.2. The maximum atomic E-state index is 9.86. The maximum absolute atomic E-state index is 9.86. The molecule has 286 valence electrons. The first-order chi connectivity index (χ1) is 31.0. The predicted octanol–water partition coefficient (Wildman–Crippen LogP) is 13.4. The van der Waals surface area contributed by atoms with Gasteiger partial charge < -0.3 is 13.7 Å². The van der Waals surface area contributed by atoms with Gasteiger partial charge in [0.2, 0.25) is 0 Å². The standard InChI is InChI=1S/C56H27N7/c57-28-32-4-16-49-45(20-32)46-21-33(29-58)5-17-50(46)61(49)40-12-14-43-44-15-13-41(62-51-18-6-34(30-59)22-47(51)48-23-35(31-60)7-19-52(48)62)27-54(44)63(53(43)26-40)42-24-38-10-8-36-2-1-3-37-9-11-39(25-42)56(38)55(36)37/h1-27H. The Morgan fingerprint density at radius 3 is 1.00 bits per heavy atom. The van der Waals surface area contributed by atoms with Crippen LogP contribution in [0.5, 0.6) is 0 Å². The van der Waals surface area contributed by atoms with Crippen LogP contribution in [0.15, 0.2) is 164 Å². The molecular formula is C56H27N7. The van der Waals surface area contributed by atoms with E-state index in [4.69, 9.17) is 0 Å². The summed E-state index contributed by atoms with van der Waals surface area (Å²) in [7, 11) is 0. The third-order valence-corrected chi connectivity index (χ3v) is 13.0. The van der Waals surface area contributed by atoms with Crippen molar-refractivity contribution in [3.8, 4) is 41.3 Å². The molecule has 0 atom stereocenters. The number of benzene rings is 10. The Hall–Kier alpha value is -9.40. The average Bonchev–Trinajstić information content (AvgIpc) is 3.96. The van der Waals surface area contributed by atoms with Crippen molar-refractivity contribution >= 4 is 97.7 Å². The molecule has 3 heterocycles. The first kappa shape index (κ1) is 34.5. The van der Waals surface area contributed by atoms with Gasteiger partial charge in [0.1, 0.15) is 0 Å². The van der Waals surface area contributed by atoms with Crippen molar-refractivity contribution in [2.45, 2.75) is 0 Å². The summed E-state index contributed by atoms with van der Waals surface area (Å²) >= 11 is 0. The van der Waals surface area contributed by atoms with E-state index in [1.807, 2.05) is 72.8 Å². The summed E-state index contributed by atoms with van der Waals surface area (Å²) < 4.78 is 6.82. The van der Waals surface area contributed by atoms with Crippen molar-refractivity contribution in [2.24, 2.45) is 0 Å². The Kier molecular flexibility index (Phi) is 6.87. The van der Waals surface area contributed by atoms with Gasteiger partial charge in [-0.05, 0) is 142 Å². The van der Waals surface area contributed by atoms with Crippen molar-refractivity contribution in [1.82, 2.24) is 13.7 Å². The minimum atomic E-state index is 0.559. The molecule has 0 radical (unpaired) electrons. The lowest BCUT2D eigenvalue weighted by molar-refractivity contribution is 1.15. The van der Waals surface area contributed by atoms with Gasteiger partial charge in [-0.25, -0.2) is 0 Å². The van der Waals surface area contributed by atoms with Gasteiger partial charge in [0.05, 0.1) is 79.6 Å². The Morgan fingerprint density at radius 1 is 0.270 bits per heavy atom. The summed E-state index contributed by atoms with van der Waals surface area (Å²) in [6.45, 7) is 0. The highest BCUT2D eigenvalue weighted by Crippen LogP contribution is 2.42. The molecule has 0 unspecified atom stereocenters. The molecular weight excluding hydrogens is 771 g/mol. The number of fused-ring (bicyclic) bond motifs is 9. The highest BCUT2D eigenvalue weighted by atomic mass is 15.0. The fraction of sp³-hybridized carbons (Fsp3) is 0. The Bertz CT molecular complexity index is 3960. The fourth-order valence-electron chi connectivity index (χ4n) is 10.3. The zero-order valence-corrected chi connectivity index (χ0v) is 33.2.